The second-order valence-electron chi connectivity index (χ2n) is 4.78. The van der Waals surface area contributed by atoms with Crippen LogP contribution in [0.1, 0.15) is 30.0 Å². The van der Waals surface area contributed by atoms with Crippen LogP contribution in [0.4, 0.5) is 0 Å². The van der Waals surface area contributed by atoms with Gasteiger partial charge in [-0.05, 0) is 32.0 Å². The van der Waals surface area contributed by atoms with Gasteiger partial charge in [0.25, 0.3) is 5.91 Å². The SMILES string of the molecule is CC(C)N(Cc1ccccn1)C(=O)c1cccc(=O)[nH]1. The molecule has 0 atom stereocenters. The fraction of sp³-hybridized carbons (Fsp3) is 0.267. The van der Waals surface area contributed by atoms with E-state index < -0.39 is 0 Å². The highest BCUT2D eigenvalue weighted by Crippen LogP contribution is 2.10. The average molecular weight is 271 g/mol. The summed E-state index contributed by atoms with van der Waals surface area (Å²) in [6, 6.07) is 10.2. The number of nitrogens with zero attached hydrogens (tertiary/aromatic N) is 2. The zero-order valence-corrected chi connectivity index (χ0v) is 11.5. The topological polar surface area (TPSA) is 66.1 Å². The van der Waals surface area contributed by atoms with Crippen LogP contribution in [-0.2, 0) is 6.54 Å². The molecule has 2 aromatic heterocycles. The summed E-state index contributed by atoms with van der Waals surface area (Å²) in [5.41, 5.74) is 0.826. The van der Waals surface area contributed by atoms with E-state index in [2.05, 4.69) is 9.97 Å². The second kappa shape index (κ2) is 6.14. The Morgan fingerprint density at radius 3 is 2.65 bits per heavy atom. The molecule has 2 heterocycles. The lowest BCUT2D eigenvalue weighted by Crippen LogP contribution is -2.37. The standard InChI is InChI=1S/C15H17N3O2/c1-11(2)18(10-12-6-3-4-9-16-12)15(20)13-7-5-8-14(19)17-13/h3-9,11H,10H2,1-2H3,(H,17,19). The van der Waals surface area contributed by atoms with E-state index in [0.717, 1.165) is 5.69 Å². The molecule has 0 spiro atoms. The molecule has 0 saturated carbocycles. The van der Waals surface area contributed by atoms with Crippen molar-refractivity contribution in [1.29, 1.82) is 0 Å². The van der Waals surface area contributed by atoms with Gasteiger partial charge >= 0.3 is 0 Å². The molecule has 1 N–H and O–H groups in total. The molecular weight excluding hydrogens is 254 g/mol. The Labute approximate surface area is 117 Å². The van der Waals surface area contributed by atoms with Crippen molar-refractivity contribution in [3.05, 3.63) is 64.3 Å². The number of nitrogens with one attached hydrogen (secondary N) is 1. The summed E-state index contributed by atoms with van der Waals surface area (Å²) >= 11 is 0. The van der Waals surface area contributed by atoms with E-state index in [9.17, 15) is 9.59 Å². The zero-order valence-electron chi connectivity index (χ0n) is 11.5. The minimum absolute atomic E-state index is 0.00761. The fourth-order valence-electron chi connectivity index (χ4n) is 1.88. The fourth-order valence-corrected chi connectivity index (χ4v) is 1.88. The van der Waals surface area contributed by atoms with Gasteiger partial charge in [0.05, 0.1) is 12.2 Å². The lowest BCUT2D eigenvalue weighted by Gasteiger charge is -2.26. The van der Waals surface area contributed by atoms with E-state index in [1.165, 1.54) is 6.07 Å². The summed E-state index contributed by atoms with van der Waals surface area (Å²) in [6.45, 7) is 4.28. The Bertz CT molecular complexity index is 635. The van der Waals surface area contributed by atoms with Crippen molar-refractivity contribution in [2.24, 2.45) is 0 Å². The minimum atomic E-state index is -0.280. The number of amides is 1. The lowest BCUT2D eigenvalue weighted by molar-refractivity contribution is 0.0681. The van der Waals surface area contributed by atoms with Crippen LogP contribution in [0.25, 0.3) is 0 Å². The molecule has 20 heavy (non-hydrogen) atoms. The van der Waals surface area contributed by atoms with Crippen LogP contribution in [0, 0.1) is 0 Å². The number of hydrogen-bond donors (Lipinski definition) is 1. The van der Waals surface area contributed by atoms with E-state index in [0.29, 0.717) is 12.2 Å². The maximum atomic E-state index is 12.5. The number of rotatable bonds is 4. The van der Waals surface area contributed by atoms with Crippen molar-refractivity contribution < 1.29 is 4.79 Å². The molecule has 2 aromatic rings. The molecule has 2 rings (SSSR count). The van der Waals surface area contributed by atoms with E-state index in [1.54, 1.807) is 23.2 Å². The molecule has 0 bridgehead atoms. The van der Waals surface area contributed by atoms with Gasteiger partial charge in [0.2, 0.25) is 5.56 Å². The van der Waals surface area contributed by atoms with Gasteiger partial charge < -0.3 is 9.88 Å². The molecule has 0 aliphatic carbocycles. The highest BCUT2D eigenvalue weighted by atomic mass is 16.2. The molecule has 104 valence electrons. The van der Waals surface area contributed by atoms with Gasteiger partial charge in [-0.3, -0.25) is 14.6 Å². The van der Waals surface area contributed by atoms with Gasteiger partial charge in [0.15, 0.2) is 0 Å². The Morgan fingerprint density at radius 1 is 1.25 bits per heavy atom. The first-order valence-corrected chi connectivity index (χ1v) is 6.48. The van der Waals surface area contributed by atoms with Crippen LogP contribution in [0.5, 0.6) is 0 Å². The van der Waals surface area contributed by atoms with Crippen molar-refractivity contribution >= 4 is 5.91 Å². The summed E-state index contributed by atoms with van der Waals surface area (Å²) in [7, 11) is 0. The number of carbonyl (C=O) groups excluding carboxylic acids is 1. The molecule has 0 saturated heterocycles. The third kappa shape index (κ3) is 3.32. The summed E-state index contributed by atoms with van der Waals surface area (Å²) in [6.07, 6.45) is 1.70. The number of pyridine rings is 2. The van der Waals surface area contributed by atoms with Crippen LogP contribution in [-0.4, -0.2) is 26.8 Å². The highest BCUT2D eigenvalue weighted by molar-refractivity contribution is 5.92. The lowest BCUT2D eigenvalue weighted by atomic mass is 10.2. The van der Waals surface area contributed by atoms with Crippen LogP contribution in [0.2, 0.25) is 0 Å². The monoisotopic (exact) mass is 271 g/mol. The smallest absolute Gasteiger partial charge is 0.270 e. The molecule has 1 amide bonds. The van der Waals surface area contributed by atoms with Crippen molar-refractivity contribution in [1.82, 2.24) is 14.9 Å². The first-order valence-electron chi connectivity index (χ1n) is 6.48. The predicted octanol–water partition coefficient (Wildman–Crippen LogP) is 1.82. The number of H-pyrrole nitrogens is 1. The summed E-state index contributed by atoms with van der Waals surface area (Å²) in [5, 5.41) is 0. The van der Waals surface area contributed by atoms with Gasteiger partial charge in [-0.1, -0.05) is 12.1 Å². The zero-order chi connectivity index (χ0) is 14.5. The highest BCUT2D eigenvalue weighted by Gasteiger charge is 2.20. The maximum Gasteiger partial charge on any atom is 0.270 e. The Balaban J connectivity index is 2.25. The Morgan fingerprint density at radius 2 is 2.05 bits per heavy atom. The van der Waals surface area contributed by atoms with Crippen LogP contribution >= 0.6 is 0 Å². The van der Waals surface area contributed by atoms with Gasteiger partial charge in [-0.25, -0.2) is 0 Å². The predicted molar refractivity (Wildman–Crippen MR) is 76.3 cm³/mol. The van der Waals surface area contributed by atoms with Crippen LogP contribution in [0.3, 0.4) is 0 Å². The summed E-state index contributed by atoms with van der Waals surface area (Å²) in [4.78, 5) is 32.2. The summed E-state index contributed by atoms with van der Waals surface area (Å²) in [5.74, 6) is -0.205. The number of aromatic amines is 1. The molecule has 0 radical (unpaired) electrons. The van der Waals surface area contributed by atoms with E-state index >= 15 is 0 Å². The number of carbonyl (C=O) groups is 1. The molecule has 0 aromatic carbocycles. The van der Waals surface area contributed by atoms with E-state index in [1.807, 2.05) is 32.0 Å². The van der Waals surface area contributed by atoms with Crippen LogP contribution in [0.15, 0.2) is 47.4 Å². The van der Waals surface area contributed by atoms with Crippen molar-refractivity contribution in [2.45, 2.75) is 26.4 Å². The molecule has 0 unspecified atom stereocenters. The van der Waals surface area contributed by atoms with Gasteiger partial charge in [0.1, 0.15) is 5.69 Å². The second-order valence-corrected chi connectivity index (χ2v) is 4.78. The Hall–Kier alpha value is -2.43. The molecular formula is C15H17N3O2. The molecule has 0 fully saturated rings. The van der Waals surface area contributed by atoms with Crippen molar-refractivity contribution in [3.8, 4) is 0 Å². The van der Waals surface area contributed by atoms with Gasteiger partial charge in [-0.15, -0.1) is 0 Å². The minimum Gasteiger partial charge on any atom is -0.329 e. The Kier molecular flexibility index (Phi) is 4.30. The quantitative estimate of drug-likeness (QED) is 0.922. The first-order chi connectivity index (χ1) is 9.58. The molecule has 0 aliphatic rings. The van der Waals surface area contributed by atoms with Crippen molar-refractivity contribution in [2.75, 3.05) is 0 Å². The number of aromatic nitrogens is 2. The van der Waals surface area contributed by atoms with E-state index in [-0.39, 0.29) is 17.5 Å². The average Bonchev–Trinajstić information content (AvgIpc) is 2.45. The third-order valence-corrected chi connectivity index (χ3v) is 2.94. The van der Waals surface area contributed by atoms with Gasteiger partial charge in [0, 0.05) is 18.3 Å². The van der Waals surface area contributed by atoms with Crippen LogP contribution < -0.4 is 5.56 Å². The molecule has 5 heteroatoms. The third-order valence-electron chi connectivity index (χ3n) is 2.94. The van der Waals surface area contributed by atoms with Gasteiger partial charge in [-0.2, -0.15) is 0 Å². The maximum absolute atomic E-state index is 12.5. The summed E-state index contributed by atoms with van der Waals surface area (Å²) < 4.78 is 0. The first kappa shape index (κ1) is 14.0. The largest absolute Gasteiger partial charge is 0.329 e. The molecule has 5 nitrogen and oxygen atoms in total. The van der Waals surface area contributed by atoms with Crippen molar-refractivity contribution in [3.63, 3.8) is 0 Å². The normalized spacial score (nSPS) is 10.6. The van der Waals surface area contributed by atoms with E-state index in [4.69, 9.17) is 0 Å². The molecule has 0 aliphatic heterocycles. The number of hydrogen-bond acceptors (Lipinski definition) is 3.